The fraction of sp³-hybridized carbons (Fsp3) is 0.462. The molecule has 3 rings (SSSR count). The van der Waals surface area contributed by atoms with Crippen molar-refractivity contribution in [3.63, 3.8) is 0 Å². The zero-order valence-corrected chi connectivity index (χ0v) is 9.43. The molecule has 1 saturated carbocycles. The highest BCUT2D eigenvalue weighted by Crippen LogP contribution is 2.38. The van der Waals surface area contributed by atoms with Crippen LogP contribution in [0.4, 0.5) is 0 Å². The van der Waals surface area contributed by atoms with E-state index in [4.69, 9.17) is 0 Å². The van der Waals surface area contributed by atoms with Gasteiger partial charge in [-0.2, -0.15) is 0 Å². The zero-order chi connectivity index (χ0) is 11.2. The SMILES string of the molecule is CC1(O)CC(Cn2ccc3cccnc32)C1. The maximum atomic E-state index is 9.70. The molecule has 1 aliphatic carbocycles. The van der Waals surface area contributed by atoms with E-state index in [2.05, 4.69) is 27.9 Å². The van der Waals surface area contributed by atoms with Gasteiger partial charge >= 0.3 is 0 Å². The molecule has 1 N–H and O–H groups in total. The first-order valence-electron chi connectivity index (χ1n) is 5.76. The Morgan fingerprint density at radius 2 is 2.31 bits per heavy atom. The average molecular weight is 216 g/mol. The Kier molecular flexibility index (Phi) is 2.04. The van der Waals surface area contributed by atoms with Crippen molar-refractivity contribution in [1.82, 2.24) is 9.55 Å². The standard InChI is InChI=1S/C13H16N2O/c1-13(16)7-10(8-13)9-15-6-4-11-3-2-5-14-12(11)15/h2-6,10,16H,7-9H2,1H3. The Bertz CT molecular complexity index is 507. The summed E-state index contributed by atoms with van der Waals surface area (Å²) in [6.07, 6.45) is 5.72. The minimum absolute atomic E-state index is 0.430. The topological polar surface area (TPSA) is 38.0 Å². The minimum atomic E-state index is -0.430. The third kappa shape index (κ3) is 1.61. The maximum absolute atomic E-state index is 9.70. The predicted molar refractivity (Wildman–Crippen MR) is 63.1 cm³/mol. The first kappa shape index (κ1) is 9.85. The molecule has 0 aliphatic heterocycles. The van der Waals surface area contributed by atoms with Crippen LogP contribution in [0.15, 0.2) is 30.6 Å². The molecule has 0 unspecified atom stereocenters. The summed E-state index contributed by atoms with van der Waals surface area (Å²) >= 11 is 0. The van der Waals surface area contributed by atoms with Crippen LogP contribution in [-0.2, 0) is 6.54 Å². The smallest absolute Gasteiger partial charge is 0.139 e. The number of aromatic nitrogens is 2. The summed E-state index contributed by atoms with van der Waals surface area (Å²) in [5.41, 5.74) is 0.621. The van der Waals surface area contributed by atoms with Gasteiger partial charge in [-0.15, -0.1) is 0 Å². The summed E-state index contributed by atoms with van der Waals surface area (Å²) in [6, 6.07) is 6.13. The molecule has 2 aromatic rings. The van der Waals surface area contributed by atoms with Gasteiger partial charge in [-0.3, -0.25) is 0 Å². The van der Waals surface area contributed by atoms with Crippen LogP contribution in [0.1, 0.15) is 19.8 Å². The third-order valence-corrected chi connectivity index (χ3v) is 3.43. The van der Waals surface area contributed by atoms with E-state index in [1.54, 1.807) is 0 Å². The summed E-state index contributed by atoms with van der Waals surface area (Å²) in [7, 11) is 0. The number of rotatable bonds is 2. The van der Waals surface area contributed by atoms with Crippen molar-refractivity contribution in [2.75, 3.05) is 0 Å². The molecule has 0 aromatic carbocycles. The highest BCUT2D eigenvalue weighted by atomic mass is 16.3. The number of hydrogen-bond acceptors (Lipinski definition) is 2. The first-order valence-corrected chi connectivity index (χ1v) is 5.76. The van der Waals surface area contributed by atoms with Gasteiger partial charge in [0.1, 0.15) is 5.65 Å². The van der Waals surface area contributed by atoms with E-state index < -0.39 is 5.60 Å². The number of nitrogens with zero attached hydrogens (tertiary/aromatic N) is 2. The van der Waals surface area contributed by atoms with E-state index in [0.717, 1.165) is 25.0 Å². The molecule has 84 valence electrons. The van der Waals surface area contributed by atoms with Gasteiger partial charge in [0.25, 0.3) is 0 Å². The van der Waals surface area contributed by atoms with Crippen molar-refractivity contribution in [2.24, 2.45) is 5.92 Å². The lowest BCUT2D eigenvalue weighted by Crippen LogP contribution is -2.42. The average Bonchev–Trinajstić information content (AvgIpc) is 2.59. The normalized spacial score (nSPS) is 29.2. The number of fused-ring (bicyclic) bond motifs is 1. The van der Waals surface area contributed by atoms with Gasteiger partial charge in [-0.05, 0) is 43.9 Å². The van der Waals surface area contributed by atoms with Crippen molar-refractivity contribution in [3.05, 3.63) is 30.6 Å². The molecule has 0 saturated heterocycles. The monoisotopic (exact) mass is 216 g/mol. The number of hydrogen-bond donors (Lipinski definition) is 1. The molecule has 2 heterocycles. The first-order chi connectivity index (χ1) is 7.64. The van der Waals surface area contributed by atoms with Gasteiger partial charge in [-0.25, -0.2) is 4.98 Å². The van der Waals surface area contributed by atoms with Crippen molar-refractivity contribution in [1.29, 1.82) is 0 Å². The number of pyridine rings is 1. The van der Waals surface area contributed by atoms with E-state index in [1.165, 1.54) is 5.39 Å². The zero-order valence-electron chi connectivity index (χ0n) is 9.43. The Labute approximate surface area is 94.7 Å². The van der Waals surface area contributed by atoms with Crippen LogP contribution >= 0.6 is 0 Å². The van der Waals surface area contributed by atoms with Crippen LogP contribution in [0.5, 0.6) is 0 Å². The van der Waals surface area contributed by atoms with E-state index in [1.807, 2.05) is 19.2 Å². The molecular weight excluding hydrogens is 200 g/mol. The minimum Gasteiger partial charge on any atom is -0.390 e. The molecule has 3 nitrogen and oxygen atoms in total. The van der Waals surface area contributed by atoms with Crippen molar-refractivity contribution in [2.45, 2.75) is 31.9 Å². The van der Waals surface area contributed by atoms with E-state index in [-0.39, 0.29) is 0 Å². The predicted octanol–water partition coefficient (Wildman–Crippen LogP) is 2.20. The highest BCUT2D eigenvalue weighted by Gasteiger charge is 2.38. The lowest BCUT2D eigenvalue weighted by molar-refractivity contribution is -0.0614. The lowest BCUT2D eigenvalue weighted by Gasteiger charge is -2.41. The van der Waals surface area contributed by atoms with Gasteiger partial charge in [0, 0.05) is 24.3 Å². The van der Waals surface area contributed by atoms with E-state index >= 15 is 0 Å². The summed E-state index contributed by atoms with van der Waals surface area (Å²) < 4.78 is 2.19. The quantitative estimate of drug-likeness (QED) is 0.835. The second-order valence-corrected chi connectivity index (χ2v) is 5.16. The maximum Gasteiger partial charge on any atom is 0.139 e. The molecular formula is C13H16N2O. The Balaban J connectivity index is 1.80. The third-order valence-electron chi connectivity index (χ3n) is 3.43. The molecule has 2 aromatic heterocycles. The Morgan fingerprint density at radius 1 is 1.50 bits per heavy atom. The molecule has 1 fully saturated rings. The van der Waals surface area contributed by atoms with Crippen molar-refractivity contribution >= 4 is 11.0 Å². The summed E-state index contributed by atoms with van der Waals surface area (Å²) in [5, 5.41) is 10.9. The largest absolute Gasteiger partial charge is 0.390 e. The van der Waals surface area contributed by atoms with Crippen molar-refractivity contribution < 1.29 is 5.11 Å². The second-order valence-electron chi connectivity index (χ2n) is 5.16. The molecule has 3 heteroatoms. The molecule has 0 atom stereocenters. The van der Waals surface area contributed by atoms with Crippen LogP contribution in [-0.4, -0.2) is 20.3 Å². The number of aliphatic hydroxyl groups is 1. The molecule has 16 heavy (non-hydrogen) atoms. The molecule has 0 spiro atoms. The lowest BCUT2D eigenvalue weighted by atomic mass is 9.72. The fourth-order valence-electron chi connectivity index (χ4n) is 2.76. The summed E-state index contributed by atoms with van der Waals surface area (Å²) in [4.78, 5) is 4.39. The van der Waals surface area contributed by atoms with Crippen LogP contribution in [0.25, 0.3) is 11.0 Å². The van der Waals surface area contributed by atoms with Gasteiger partial charge < -0.3 is 9.67 Å². The summed E-state index contributed by atoms with van der Waals surface area (Å²) in [5.74, 6) is 0.590. The van der Waals surface area contributed by atoms with Gasteiger partial charge in [-0.1, -0.05) is 0 Å². The second kappa shape index (κ2) is 3.32. The Hall–Kier alpha value is -1.35. The molecule has 0 amide bonds. The Morgan fingerprint density at radius 3 is 3.06 bits per heavy atom. The van der Waals surface area contributed by atoms with Crippen LogP contribution in [0.3, 0.4) is 0 Å². The molecule has 0 bridgehead atoms. The summed E-state index contributed by atoms with van der Waals surface area (Å²) in [6.45, 7) is 2.88. The van der Waals surface area contributed by atoms with E-state index in [9.17, 15) is 5.11 Å². The fourth-order valence-corrected chi connectivity index (χ4v) is 2.76. The van der Waals surface area contributed by atoms with Crippen LogP contribution < -0.4 is 0 Å². The van der Waals surface area contributed by atoms with Crippen LogP contribution in [0, 0.1) is 5.92 Å². The van der Waals surface area contributed by atoms with Gasteiger partial charge in [0.15, 0.2) is 0 Å². The highest BCUT2D eigenvalue weighted by molar-refractivity contribution is 5.75. The van der Waals surface area contributed by atoms with E-state index in [0.29, 0.717) is 5.92 Å². The van der Waals surface area contributed by atoms with Crippen molar-refractivity contribution in [3.8, 4) is 0 Å². The van der Waals surface area contributed by atoms with Gasteiger partial charge in [0.2, 0.25) is 0 Å². The molecule has 0 radical (unpaired) electrons. The van der Waals surface area contributed by atoms with Crippen LogP contribution in [0.2, 0.25) is 0 Å². The molecule has 1 aliphatic rings. The van der Waals surface area contributed by atoms with Gasteiger partial charge in [0.05, 0.1) is 5.60 Å².